The summed E-state index contributed by atoms with van der Waals surface area (Å²) < 4.78 is 10.1. The van der Waals surface area contributed by atoms with E-state index >= 15 is 0 Å². The van der Waals surface area contributed by atoms with Crippen molar-refractivity contribution in [2.24, 2.45) is 0 Å². The Morgan fingerprint density at radius 3 is 2.41 bits per heavy atom. The number of aryl methyl sites for hydroxylation is 1. The molecule has 2 rings (SSSR count). The third kappa shape index (κ3) is 4.26. The van der Waals surface area contributed by atoms with Gasteiger partial charge in [-0.1, -0.05) is 23.7 Å². The number of hydrogen-bond acceptors (Lipinski definition) is 6. The number of hydrogen-bond donors (Lipinski definition) is 2. The lowest BCUT2D eigenvalue weighted by Gasteiger charge is -2.14. The van der Waals surface area contributed by atoms with Crippen LogP contribution in [0, 0.1) is 17.0 Å². The van der Waals surface area contributed by atoms with E-state index in [4.69, 9.17) is 21.1 Å². The Morgan fingerprint density at radius 2 is 1.85 bits per heavy atom. The summed E-state index contributed by atoms with van der Waals surface area (Å²) in [4.78, 5) is 35.2. The second-order valence-electron chi connectivity index (χ2n) is 5.29. The number of urea groups is 1. The van der Waals surface area contributed by atoms with Crippen LogP contribution in [-0.2, 0) is 0 Å². The molecule has 0 saturated carbocycles. The van der Waals surface area contributed by atoms with E-state index in [0.29, 0.717) is 16.3 Å². The molecule has 2 N–H and O–H groups in total. The number of amides is 3. The number of carbonyl (C=O) groups is 2. The van der Waals surface area contributed by atoms with Gasteiger partial charge in [0.2, 0.25) is 5.75 Å². The zero-order chi connectivity index (χ0) is 20.1. The van der Waals surface area contributed by atoms with Crippen molar-refractivity contribution in [2.45, 2.75) is 6.92 Å². The maximum atomic E-state index is 12.6. The van der Waals surface area contributed by atoms with Crippen molar-refractivity contribution in [3.63, 3.8) is 0 Å². The Hall–Kier alpha value is -3.33. The van der Waals surface area contributed by atoms with Gasteiger partial charge in [-0.3, -0.25) is 20.2 Å². The molecule has 0 spiro atoms. The predicted molar refractivity (Wildman–Crippen MR) is 98.9 cm³/mol. The molecule has 0 fully saturated rings. The minimum Gasteiger partial charge on any atom is -0.496 e. The van der Waals surface area contributed by atoms with Crippen molar-refractivity contribution in [3.8, 4) is 11.5 Å². The van der Waals surface area contributed by atoms with E-state index in [1.165, 1.54) is 20.3 Å². The van der Waals surface area contributed by atoms with E-state index < -0.39 is 22.5 Å². The van der Waals surface area contributed by atoms with Crippen LogP contribution in [0.5, 0.6) is 11.5 Å². The van der Waals surface area contributed by atoms with Crippen molar-refractivity contribution >= 4 is 34.9 Å². The highest BCUT2D eigenvalue weighted by atomic mass is 35.5. The predicted octanol–water partition coefficient (Wildman–Crippen LogP) is 3.54. The molecule has 9 nitrogen and oxygen atoms in total. The summed E-state index contributed by atoms with van der Waals surface area (Å²) in [6.45, 7) is 1.73. The molecule has 0 radical (unpaired) electrons. The van der Waals surface area contributed by atoms with Crippen LogP contribution in [0.25, 0.3) is 0 Å². The Balaban J connectivity index is 2.33. The first-order valence-corrected chi connectivity index (χ1v) is 7.94. The molecule has 27 heavy (non-hydrogen) atoms. The average molecular weight is 394 g/mol. The molecule has 0 heterocycles. The normalized spacial score (nSPS) is 10.1. The number of carbonyl (C=O) groups excluding carboxylic acids is 2. The van der Waals surface area contributed by atoms with E-state index in [0.717, 1.165) is 6.07 Å². The van der Waals surface area contributed by atoms with Gasteiger partial charge in [0, 0.05) is 6.07 Å². The van der Waals surface area contributed by atoms with Crippen LogP contribution in [0.4, 0.5) is 16.2 Å². The first-order valence-electron chi connectivity index (χ1n) is 7.57. The maximum absolute atomic E-state index is 12.6. The van der Waals surface area contributed by atoms with Crippen LogP contribution < -0.4 is 20.1 Å². The van der Waals surface area contributed by atoms with Gasteiger partial charge in [0.25, 0.3) is 5.91 Å². The third-order valence-electron chi connectivity index (χ3n) is 3.63. The monoisotopic (exact) mass is 393 g/mol. The summed E-state index contributed by atoms with van der Waals surface area (Å²) in [5.41, 5.74) is 0.309. The number of nitro groups is 1. The van der Waals surface area contributed by atoms with Crippen LogP contribution in [-0.4, -0.2) is 31.1 Å². The summed E-state index contributed by atoms with van der Waals surface area (Å²) in [5.74, 6) is -1.25. The van der Waals surface area contributed by atoms with Crippen molar-refractivity contribution < 1.29 is 24.0 Å². The molecule has 0 unspecified atom stereocenters. The fourth-order valence-corrected chi connectivity index (χ4v) is 2.66. The van der Waals surface area contributed by atoms with Crippen LogP contribution in [0.2, 0.25) is 5.02 Å². The van der Waals surface area contributed by atoms with Gasteiger partial charge in [-0.15, -0.1) is 0 Å². The van der Waals surface area contributed by atoms with Crippen LogP contribution in [0.15, 0.2) is 30.3 Å². The van der Waals surface area contributed by atoms with E-state index in [9.17, 15) is 19.7 Å². The Morgan fingerprint density at radius 1 is 1.15 bits per heavy atom. The van der Waals surface area contributed by atoms with Crippen molar-refractivity contribution in [1.82, 2.24) is 5.32 Å². The van der Waals surface area contributed by atoms with E-state index in [-0.39, 0.29) is 17.1 Å². The molecule has 10 heteroatoms. The van der Waals surface area contributed by atoms with Crippen LogP contribution >= 0.6 is 11.6 Å². The standard InChI is InChI=1S/C17H16ClN3O6/c1-9-5-4-6-10(18)14(9)19-17(23)20-16(22)13-12(26-2)8-7-11(21(24)25)15(13)27-3/h4-8H,1-3H3,(H2,19,20,22,23). The van der Waals surface area contributed by atoms with Crippen LogP contribution in [0.3, 0.4) is 0 Å². The average Bonchev–Trinajstić information content (AvgIpc) is 2.63. The number of imide groups is 1. The number of ether oxygens (including phenoxy) is 2. The molecule has 2 aromatic carbocycles. The summed E-state index contributed by atoms with van der Waals surface area (Å²) in [6, 6.07) is 6.54. The van der Waals surface area contributed by atoms with Gasteiger partial charge in [0.1, 0.15) is 11.3 Å². The number of para-hydroxylation sites is 1. The summed E-state index contributed by atoms with van der Waals surface area (Å²) in [5, 5.41) is 16.0. The summed E-state index contributed by atoms with van der Waals surface area (Å²) in [7, 11) is 2.45. The van der Waals surface area contributed by atoms with Crippen molar-refractivity contribution in [2.75, 3.05) is 19.5 Å². The van der Waals surface area contributed by atoms with Gasteiger partial charge in [-0.2, -0.15) is 0 Å². The fraction of sp³-hybridized carbons (Fsp3) is 0.176. The second-order valence-corrected chi connectivity index (χ2v) is 5.70. The lowest BCUT2D eigenvalue weighted by molar-refractivity contribution is -0.385. The lowest BCUT2D eigenvalue weighted by Crippen LogP contribution is -2.35. The topological polar surface area (TPSA) is 120 Å². The van der Waals surface area contributed by atoms with Gasteiger partial charge >= 0.3 is 11.7 Å². The molecular weight excluding hydrogens is 378 g/mol. The van der Waals surface area contributed by atoms with Crippen molar-refractivity contribution in [1.29, 1.82) is 0 Å². The van der Waals surface area contributed by atoms with E-state index in [2.05, 4.69) is 10.6 Å². The molecule has 0 aliphatic carbocycles. The fourth-order valence-electron chi connectivity index (χ4n) is 2.39. The number of rotatable bonds is 5. The molecule has 0 aliphatic heterocycles. The smallest absolute Gasteiger partial charge is 0.326 e. The summed E-state index contributed by atoms with van der Waals surface area (Å²) >= 11 is 6.04. The number of nitrogens with zero attached hydrogens (tertiary/aromatic N) is 1. The molecule has 2 aromatic rings. The van der Waals surface area contributed by atoms with Gasteiger partial charge in [0.15, 0.2) is 0 Å². The molecule has 3 amide bonds. The number of nitro benzene ring substituents is 1. The Kier molecular flexibility index (Phi) is 6.19. The second kappa shape index (κ2) is 8.37. The van der Waals surface area contributed by atoms with Gasteiger partial charge in [0.05, 0.1) is 29.9 Å². The Labute approximate surface area is 159 Å². The summed E-state index contributed by atoms with van der Waals surface area (Å²) in [6.07, 6.45) is 0. The van der Waals surface area contributed by atoms with E-state index in [1.54, 1.807) is 25.1 Å². The Bertz CT molecular complexity index is 896. The SMILES string of the molecule is COc1ccc([N+](=O)[O-])c(OC)c1C(=O)NC(=O)Nc1c(C)cccc1Cl. The minimum absolute atomic E-state index is 0.0108. The molecule has 0 aliphatic rings. The quantitative estimate of drug-likeness (QED) is 0.592. The van der Waals surface area contributed by atoms with Crippen LogP contribution in [0.1, 0.15) is 15.9 Å². The molecule has 0 aromatic heterocycles. The highest BCUT2D eigenvalue weighted by Crippen LogP contribution is 2.37. The molecule has 0 bridgehead atoms. The number of benzene rings is 2. The highest BCUT2D eigenvalue weighted by Gasteiger charge is 2.28. The number of methoxy groups -OCH3 is 2. The zero-order valence-corrected chi connectivity index (χ0v) is 15.4. The highest BCUT2D eigenvalue weighted by molar-refractivity contribution is 6.34. The third-order valence-corrected chi connectivity index (χ3v) is 3.95. The molecule has 0 atom stereocenters. The molecule has 142 valence electrons. The van der Waals surface area contributed by atoms with E-state index in [1.807, 2.05) is 0 Å². The van der Waals surface area contributed by atoms with Crippen molar-refractivity contribution in [3.05, 3.63) is 56.6 Å². The van der Waals surface area contributed by atoms with Gasteiger partial charge in [-0.05, 0) is 24.6 Å². The first kappa shape index (κ1) is 20.0. The maximum Gasteiger partial charge on any atom is 0.326 e. The molecular formula is C17H16ClN3O6. The minimum atomic E-state index is -0.936. The number of anilines is 1. The lowest BCUT2D eigenvalue weighted by atomic mass is 10.1. The molecule has 0 saturated heterocycles. The first-order chi connectivity index (χ1) is 12.8. The number of halogens is 1. The van der Waals surface area contributed by atoms with Gasteiger partial charge in [-0.25, -0.2) is 4.79 Å². The number of nitrogens with one attached hydrogen (secondary N) is 2. The largest absolute Gasteiger partial charge is 0.496 e. The zero-order valence-electron chi connectivity index (χ0n) is 14.7. The van der Waals surface area contributed by atoms with Gasteiger partial charge < -0.3 is 14.8 Å².